The van der Waals surface area contributed by atoms with Gasteiger partial charge in [-0.2, -0.15) is 0 Å². The number of nitrogens with two attached hydrogens (primary N) is 1. The lowest BCUT2D eigenvalue weighted by atomic mass is 10.2. The Hall–Kier alpha value is -3.85. The SMILES string of the molecule is CCCCN(C(=O)CN(C)CCOc1ccccc1)c1c(N)n(Cc2ccccc2)c(=O)[nH]c1=O. The molecule has 0 fully saturated rings. The van der Waals surface area contributed by atoms with Gasteiger partial charge >= 0.3 is 5.69 Å². The van der Waals surface area contributed by atoms with Crippen LogP contribution in [0.25, 0.3) is 0 Å². The third-order valence-corrected chi connectivity index (χ3v) is 5.59. The van der Waals surface area contributed by atoms with Gasteiger partial charge in [-0.15, -0.1) is 0 Å². The second-order valence-corrected chi connectivity index (χ2v) is 8.36. The number of benzene rings is 2. The van der Waals surface area contributed by atoms with E-state index in [4.69, 9.17) is 10.5 Å². The van der Waals surface area contributed by atoms with Crippen LogP contribution < -0.4 is 26.6 Å². The minimum absolute atomic E-state index is 0.00733. The molecule has 1 amide bonds. The van der Waals surface area contributed by atoms with Crippen LogP contribution in [0, 0.1) is 0 Å². The average molecular weight is 480 g/mol. The quantitative estimate of drug-likeness (QED) is 0.412. The molecule has 0 saturated heterocycles. The topological polar surface area (TPSA) is 114 Å². The van der Waals surface area contributed by atoms with Crippen molar-refractivity contribution in [1.82, 2.24) is 14.5 Å². The first-order valence-electron chi connectivity index (χ1n) is 11.7. The van der Waals surface area contributed by atoms with Gasteiger partial charge in [0, 0.05) is 13.1 Å². The number of hydrogen-bond acceptors (Lipinski definition) is 6. The molecule has 2 aromatic carbocycles. The summed E-state index contributed by atoms with van der Waals surface area (Å²) in [5.74, 6) is 0.460. The Morgan fingerprint density at radius 2 is 1.69 bits per heavy atom. The van der Waals surface area contributed by atoms with Crippen LogP contribution in [-0.2, 0) is 11.3 Å². The number of unbranched alkanes of at least 4 members (excludes halogenated alkanes) is 1. The molecule has 0 saturated carbocycles. The minimum Gasteiger partial charge on any atom is -0.492 e. The summed E-state index contributed by atoms with van der Waals surface area (Å²) in [5, 5.41) is 0. The molecule has 3 aromatic rings. The summed E-state index contributed by atoms with van der Waals surface area (Å²) in [7, 11) is 1.81. The van der Waals surface area contributed by atoms with E-state index < -0.39 is 11.2 Å². The number of para-hydroxylation sites is 1. The molecule has 0 bridgehead atoms. The standard InChI is InChI=1S/C26H33N5O4/c1-3-4-15-30(22(32)19-29(2)16-17-35-21-13-9-6-10-14-21)23-24(27)31(26(34)28-25(23)33)18-20-11-7-5-8-12-20/h5-14H,3-4,15-19,27H2,1-2H3,(H,28,33,34). The Balaban J connectivity index is 1.78. The third kappa shape index (κ3) is 7.07. The Morgan fingerprint density at radius 1 is 1.03 bits per heavy atom. The number of nitrogens with one attached hydrogen (secondary N) is 1. The molecule has 0 aliphatic carbocycles. The molecule has 1 aromatic heterocycles. The highest BCUT2D eigenvalue weighted by molar-refractivity contribution is 5.96. The molecular formula is C26H33N5O4. The highest BCUT2D eigenvalue weighted by Gasteiger charge is 2.24. The van der Waals surface area contributed by atoms with Crippen LogP contribution in [-0.4, -0.2) is 53.6 Å². The molecule has 1 heterocycles. The van der Waals surface area contributed by atoms with Gasteiger partial charge in [-0.05, 0) is 31.2 Å². The summed E-state index contributed by atoms with van der Waals surface area (Å²) < 4.78 is 7.00. The summed E-state index contributed by atoms with van der Waals surface area (Å²) in [6, 6.07) is 18.8. The van der Waals surface area contributed by atoms with Crippen LogP contribution in [0.4, 0.5) is 11.5 Å². The highest BCUT2D eigenvalue weighted by Crippen LogP contribution is 2.19. The van der Waals surface area contributed by atoms with E-state index >= 15 is 0 Å². The van der Waals surface area contributed by atoms with E-state index in [2.05, 4.69) is 4.98 Å². The number of nitrogen functional groups attached to an aromatic ring is 1. The fourth-order valence-corrected chi connectivity index (χ4v) is 3.67. The van der Waals surface area contributed by atoms with Crippen molar-refractivity contribution in [2.24, 2.45) is 0 Å². The van der Waals surface area contributed by atoms with Crippen LogP contribution in [0.3, 0.4) is 0 Å². The van der Waals surface area contributed by atoms with Crippen molar-refractivity contribution >= 4 is 17.4 Å². The lowest BCUT2D eigenvalue weighted by molar-refractivity contribution is -0.119. The molecule has 0 radical (unpaired) electrons. The number of hydrogen-bond donors (Lipinski definition) is 2. The molecule has 3 rings (SSSR count). The van der Waals surface area contributed by atoms with Crippen LogP contribution in [0.5, 0.6) is 5.75 Å². The number of anilines is 2. The Bertz CT molecular complexity index is 1210. The summed E-state index contributed by atoms with van der Waals surface area (Å²) >= 11 is 0. The van der Waals surface area contributed by atoms with Crippen LogP contribution in [0.1, 0.15) is 25.3 Å². The van der Waals surface area contributed by atoms with Gasteiger partial charge < -0.3 is 15.4 Å². The van der Waals surface area contributed by atoms with E-state index in [1.807, 2.05) is 79.5 Å². The molecule has 9 nitrogen and oxygen atoms in total. The number of ether oxygens (including phenoxy) is 1. The number of rotatable bonds is 12. The number of carbonyl (C=O) groups is 1. The van der Waals surface area contributed by atoms with E-state index in [1.165, 1.54) is 9.47 Å². The zero-order valence-electron chi connectivity index (χ0n) is 20.3. The molecule has 9 heteroatoms. The molecule has 0 aliphatic heterocycles. The first-order valence-corrected chi connectivity index (χ1v) is 11.7. The van der Waals surface area contributed by atoms with Crippen molar-refractivity contribution in [1.29, 1.82) is 0 Å². The van der Waals surface area contributed by atoms with Crippen LogP contribution >= 0.6 is 0 Å². The normalized spacial score (nSPS) is 10.9. The molecule has 0 atom stereocenters. The van der Waals surface area contributed by atoms with Crippen LogP contribution in [0.2, 0.25) is 0 Å². The summed E-state index contributed by atoms with van der Waals surface area (Å²) in [6.45, 7) is 3.50. The van der Waals surface area contributed by atoms with E-state index in [0.717, 1.165) is 17.7 Å². The van der Waals surface area contributed by atoms with Crippen molar-refractivity contribution in [3.63, 3.8) is 0 Å². The van der Waals surface area contributed by atoms with Gasteiger partial charge in [-0.3, -0.25) is 24.0 Å². The molecular weight excluding hydrogens is 446 g/mol. The Morgan fingerprint density at radius 3 is 2.34 bits per heavy atom. The van der Waals surface area contributed by atoms with Gasteiger partial charge in [0.1, 0.15) is 18.2 Å². The fraction of sp³-hybridized carbons (Fsp3) is 0.346. The van der Waals surface area contributed by atoms with Crippen molar-refractivity contribution in [2.45, 2.75) is 26.3 Å². The van der Waals surface area contributed by atoms with Crippen molar-refractivity contribution < 1.29 is 9.53 Å². The summed E-state index contributed by atoms with van der Waals surface area (Å²) in [4.78, 5) is 44.2. The number of likely N-dealkylation sites (N-methyl/N-ethyl adjacent to an activating group) is 1. The molecule has 186 valence electrons. The smallest absolute Gasteiger partial charge is 0.330 e. The second-order valence-electron chi connectivity index (χ2n) is 8.36. The van der Waals surface area contributed by atoms with Gasteiger partial charge in [0.15, 0.2) is 5.69 Å². The van der Waals surface area contributed by atoms with Gasteiger partial charge in [-0.1, -0.05) is 61.9 Å². The van der Waals surface area contributed by atoms with Gasteiger partial charge in [-0.25, -0.2) is 4.79 Å². The largest absolute Gasteiger partial charge is 0.492 e. The third-order valence-electron chi connectivity index (χ3n) is 5.59. The van der Waals surface area contributed by atoms with Crippen molar-refractivity contribution in [2.75, 3.05) is 43.9 Å². The second kappa shape index (κ2) is 12.6. The Kier molecular flexibility index (Phi) is 9.25. The molecule has 0 unspecified atom stereocenters. The maximum atomic E-state index is 13.3. The molecule has 0 aliphatic rings. The van der Waals surface area contributed by atoms with E-state index in [9.17, 15) is 14.4 Å². The maximum absolute atomic E-state index is 13.3. The first-order chi connectivity index (χ1) is 16.9. The summed E-state index contributed by atoms with van der Waals surface area (Å²) in [6.07, 6.45) is 1.51. The average Bonchev–Trinajstić information content (AvgIpc) is 2.85. The zero-order chi connectivity index (χ0) is 25.2. The van der Waals surface area contributed by atoms with Gasteiger partial charge in [0.2, 0.25) is 5.91 Å². The number of carbonyl (C=O) groups excluding carboxylic acids is 1. The Labute approximate surface area is 204 Å². The van der Waals surface area contributed by atoms with E-state index in [1.54, 1.807) is 0 Å². The first kappa shape index (κ1) is 25.8. The number of amides is 1. The highest BCUT2D eigenvalue weighted by atomic mass is 16.5. The van der Waals surface area contributed by atoms with E-state index in [0.29, 0.717) is 26.1 Å². The van der Waals surface area contributed by atoms with E-state index in [-0.39, 0.29) is 30.5 Å². The predicted octanol–water partition coefficient (Wildman–Crippen LogP) is 2.31. The number of H-pyrrole nitrogens is 1. The lowest BCUT2D eigenvalue weighted by Crippen LogP contribution is -2.45. The molecule has 35 heavy (non-hydrogen) atoms. The number of aromatic amines is 1. The molecule has 0 spiro atoms. The predicted molar refractivity (Wildman–Crippen MR) is 138 cm³/mol. The monoisotopic (exact) mass is 479 g/mol. The maximum Gasteiger partial charge on any atom is 0.330 e. The van der Waals surface area contributed by atoms with Gasteiger partial charge in [0.05, 0.1) is 13.1 Å². The van der Waals surface area contributed by atoms with Crippen molar-refractivity contribution in [3.05, 3.63) is 87.1 Å². The van der Waals surface area contributed by atoms with Crippen LogP contribution in [0.15, 0.2) is 70.3 Å². The van der Waals surface area contributed by atoms with Gasteiger partial charge in [0.25, 0.3) is 5.56 Å². The fourth-order valence-electron chi connectivity index (χ4n) is 3.67. The van der Waals surface area contributed by atoms with Crippen molar-refractivity contribution in [3.8, 4) is 5.75 Å². The molecule has 3 N–H and O–H groups in total. The summed E-state index contributed by atoms with van der Waals surface area (Å²) in [5.41, 5.74) is 5.91. The number of aromatic nitrogens is 2. The minimum atomic E-state index is -0.670. The zero-order valence-corrected chi connectivity index (χ0v) is 20.3. The number of nitrogens with zero attached hydrogens (tertiary/aromatic N) is 3. The lowest BCUT2D eigenvalue weighted by Gasteiger charge is -2.26.